The number of nitrogens with two attached hydrogens (primary N) is 1. The van der Waals surface area contributed by atoms with Crippen LogP contribution in [-0.4, -0.2) is 4.98 Å². The first-order valence-electron chi connectivity index (χ1n) is 3.06. The van der Waals surface area contributed by atoms with Crippen LogP contribution in [0.1, 0.15) is 11.3 Å². The minimum Gasteiger partial charge on any atom is -0.325 e. The highest BCUT2D eigenvalue weighted by Crippen LogP contribution is 2.02. The summed E-state index contributed by atoms with van der Waals surface area (Å²) in [5, 5.41) is 0. The van der Waals surface area contributed by atoms with Crippen LogP contribution in [0, 0.1) is 12.9 Å². The second-order valence-electron chi connectivity index (χ2n) is 2.11. The average Bonchev–Trinajstić information content (AvgIpc) is 1.95. The summed E-state index contributed by atoms with van der Waals surface area (Å²) in [4.78, 5) is 3.60. The summed E-state index contributed by atoms with van der Waals surface area (Å²) >= 11 is 0. The van der Waals surface area contributed by atoms with Gasteiger partial charge in [-0.25, -0.2) is 4.98 Å². The van der Waals surface area contributed by atoms with Crippen LogP contribution in [0.3, 0.4) is 0 Å². The molecule has 1 aromatic heterocycles. The van der Waals surface area contributed by atoms with Crippen molar-refractivity contribution < 1.29 is 4.39 Å². The van der Waals surface area contributed by atoms with Gasteiger partial charge in [0.2, 0.25) is 5.95 Å². The largest absolute Gasteiger partial charge is 0.325 e. The monoisotopic (exact) mass is 176 g/mol. The van der Waals surface area contributed by atoms with E-state index in [9.17, 15) is 4.39 Å². The predicted molar refractivity (Wildman–Crippen MR) is 44.1 cm³/mol. The van der Waals surface area contributed by atoms with E-state index in [0.29, 0.717) is 11.3 Å². The molecule has 0 spiro atoms. The predicted octanol–water partition coefficient (Wildman–Crippen LogP) is 1.41. The van der Waals surface area contributed by atoms with Crippen molar-refractivity contribution in [3.63, 3.8) is 0 Å². The lowest BCUT2D eigenvalue weighted by molar-refractivity contribution is 0.567. The van der Waals surface area contributed by atoms with Gasteiger partial charge in [-0.15, -0.1) is 12.4 Å². The van der Waals surface area contributed by atoms with Crippen LogP contribution in [0.4, 0.5) is 4.39 Å². The van der Waals surface area contributed by atoms with E-state index in [-0.39, 0.29) is 19.0 Å². The Morgan fingerprint density at radius 1 is 1.55 bits per heavy atom. The summed E-state index contributed by atoms with van der Waals surface area (Å²) in [6.45, 7) is 1.96. The Bertz CT molecular complexity index is 240. The van der Waals surface area contributed by atoms with Crippen LogP contribution in [0.2, 0.25) is 0 Å². The van der Waals surface area contributed by atoms with Gasteiger partial charge in [0.15, 0.2) is 0 Å². The molecule has 1 heterocycles. The molecule has 2 N–H and O–H groups in total. The van der Waals surface area contributed by atoms with Crippen molar-refractivity contribution in [2.75, 3.05) is 0 Å². The molecule has 0 aliphatic heterocycles. The van der Waals surface area contributed by atoms with Crippen LogP contribution in [-0.2, 0) is 6.54 Å². The van der Waals surface area contributed by atoms with Gasteiger partial charge in [-0.05, 0) is 13.0 Å². The molecule has 0 saturated heterocycles. The Hall–Kier alpha value is -0.670. The molecule has 1 aromatic rings. The molecule has 0 fully saturated rings. The molecule has 0 aliphatic carbocycles. The van der Waals surface area contributed by atoms with E-state index in [1.165, 1.54) is 0 Å². The molecule has 0 amide bonds. The maximum Gasteiger partial charge on any atom is 0.216 e. The molecule has 0 aromatic carbocycles. The summed E-state index contributed by atoms with van der Waals surface area (Å²) < 4.78 is 12.6. The van der Waals surface area contributed by atoms with Crippen LogP contribution >= 0.6 is 12.4 Å². The molecule has 0 bridgehead atoms. The summed E-state index contributed by atoms with van der Waals surface area (Å²) in [5.41, 5.74) is 6.38. The minimum atomic E-state index is -0.428. The van der Waals surface area contributed by atoms with E-state index < -0.39 is 5.95 Å². The van der Waals surface area contributed by atoms with E-state index in [4.69, 9.17) is 5.73 Å². The molecule has 0 saturated carbocycles. The molecule has 4 heteroatoms. The molecule has 11 heavy (non-hydrogen) atoms. The highest BCUT2D eigenvalue weighted by atomic mass is 35.5. The fourth-order valence-corrected chi connectivity index (χ4v) is 0.655. The van der Waals surface area contributed by atoms with Gasteiger partial charge in [0.05, 0.1) is 5.69 Å². The van der Waals surface area contributed by atoms with E-state index in [1.807, 2.05) is 0 Å². The number of hydrogen-bond donors (Lipinski definition) is 1. The molecule has 0 unspecified atom stereocenters. The third kappa shape index (κ3) is 2.44. The Balaban J connectivity index is 0.000001000. The molecular formula is C7H10ClFN2. The first-order chi connectivity index (χ1) is 4.74. The van der Waals surface area contributed by atoms with Crippen molar-refractivity contribution in [1.82, 2.24) is 4.98 Å². The molecule has 62 valence electrons. The van der Waals surface area contributed by atoms with Crippen molar-refractivity contribution in [3.05, 3.63) is 29.3 Å². The van der Waals surface area contributed by atoms with Crippen molar-refractivity contribution in [1.29, 1.82) is 0 Å². The highest BCUT2D eigenvalue weighted by molar-refractivity contribution is 5.85. The number of aryl methyl sites for hydroxylation is 1. The van der Waals surface area contributed by atoms with Gasteiger partial charge < -0.3 is 5.73 Å². The lowest BCUT2D eigenvalue weighted by Crippen LogP contribution is -2.01. The van der Waals surface area contributed by atoms with E-state index >= 15 is 0 Å². The summed E-state index contributed by atoms with van der Waals surface area (Å²) in [7, 11) is 0. The van der Waals surface area contributed by atoms with Gasteiger partial charge >= 0.3 is 0 Å². The number of hydrogen-bond acceptors (Lipinski definition) is 2. The zero-order valence-corrected chi connectivity index (χ0v) is 6.99. The lowest BCUT2D eigenvalue weighted by atomic mass is 10.3. The number of rotatable bonds is 1. The van der Waals surface area contributed by atoms with Crippen LogP contribution < -0.4 is 5.73 Å². The van der Waals surface area contributed by atoms with Gasteiger partial charge in [-0.3, -0.25) is 0 Å². The number of nitrogens with zero attached hydrogens (tertiary/aromatic N) is 1. The number of aromatic nitrogens is 1. The zero-order chi connectivity index (χ0) is 7.56. The summed E-state index contributed by atoms with van der Waals surface area (Å²) in [6, 6.07) is 3.39. The molecule has 0 aliphatic rings. The lowest BCUT2D eigenvalue weighted by Gasteiger charge is -1.97. The van der Waals surface area contributed by atoms with Crippen molar-refractivity contribution in [3.8, 4) is 0 Å². The molecule has 2 nitrogen and oxygen atoms in total. The van der Waals surface area contributed by atoms with Crippen molar-refractivity contribution >= 4 is 12.4 Å². The Labute approximate surface area is 71.0 Å². The van der Waals surface area contributed by atoms with E-state index in [0.717, 1.165) is 0 Å². The molecule has 0 radical (unpaired) electrons. The average molecular weight is 177 g/mol. The third-order valence-corrected chi connectivity index (χ3v) is 1.30. The fraction of sp³-hybridized carbons (Fsp3) is 0.286. The van der Waals surface area contributed by atoms with Gasteiger partial charge in [-0.2, -0.15) is 4.39 Å². The van der Waals surface area contributed by atoms with Gasteiger partial charge in [0.1, 0.15) is 0 Å². The van der Waals surface area contributed by atoms with Gasteiger partial charge in [-0.1, -0.05) is 6.07 Å². The maximum absolute atomic E-state index is 12.6. The van der Waals surface area contributed by atoms with E-state index in [2.05, 4.69) is 4.98 Å². The first kappa shape index (κ1) is 10.3. The van der Waals surface area contributed by atoms with E-state index in [1.54, 1.807) is 19.1 Å². The first-order valence-corrected chi connectivity index (χ1v) is 3.06. The smallest absolute Gasteiger partial charge is 0.216 e. The molecular weight excluding hydrogens is 167 g/mol. The fourth-order valence-electron chi connectivity index (χ4n) is 0.655. The standard InChI is InChI=1S/C7H9FN2.ClH/c1-5-2-3-6(4-9)10-7(5)8;/h2-3H,4,9H2,1H3;1H. The number of pyridine rings is 1. The second-order valence-corrected chi connectivity index (χ2v) is 2.11. The van der Waals surface area contributed by atoms with Crippen molar-refractivity contribution in [2.45, 2.75) is 13.5 Å². The summed E-state index contributed by atoms with van der Waals surface area (Å²) in [6.07, 6.45) is 0. The van der Waals surface area contributed by atoms with Crippen LogP contribution in [0.5, 0.6) is 0 Å². The third-order valence-electron chi connectivity index (χ3n) is 1.30. The second kappa shape index (κ2) is 4.26. The SMILES string of the molecule is Cc1ccc(CN)nc1F.Cl. The Morgan fingerprint density at radius 3 is 2.64 bits per heavy atom. The van der Waals surface area contributed by atoms with Gasteiger partial charge in [0, 0.05) is 12.1 Å². The van der Waals surface area contributed by atoms with Crippen LogP contribution in [0.25, 0.3) is 0 Å². The molecule has 0 atom stereocenters. The van der Waals surface area contributed by atoms with Gasteiger partial charge in [0.25, 0.3) is 0 Å². The molecule has 1 rings (SSSR count). The van der Waals surface area contributed by atoms with Crippen LogP contribution in [0.15, 0.2) is 12.1 Å². The Morgan fingerprint density at radius 2 is 2.18 bits per heavy atom. The quantitative estimate of drug-likeness (QED) is 0.658. The normalized spacial score (nSPS) is 9.00. The summed E-state index contributed by atoms with van der Waals surface area (Å²) in [5.74, 6) is -0.428. The zero-order valence-electron chi connectivity index (χ0n) is 6.17. The number of halogens is 2. The minimum absolute atomic E-state index is 0. The topological polar surface area (TPSA) is 38.9 Å². The Kier molecular flexibility index (Phi) is 4.00. The highest BCUT2D eigenvalue weighted by Gasteiger charge is 1.97. The maximum atomic E-state index is 12.6. The van der Waals surface area contributed by atoms with Crippen molar-refractivity contribution in [2.24, 2.45) is 5.73 Å².